The van der Waals surface area contributed by atoms with Gasteiger partial charge in [0, 0.05) is 17.3 Å². The molecule has 0 bridgehead atoms. The third-order valence-electron chi connectivity index (χ3n) is 4.04. The fourth-order valence-electron chi connectivity index (χ4n) is 2.26. The summed E-state index contributed by atoms with van der Waals surface area (Å²) < 4.78 is 0. The Balaban J connectivity index is 2.44. The van der Waals surface area contributed by atoms with Gasteiger partial charge in [0.15, 0.2) is 0 Å². The first-order chi connectivity index (χ1) is 9.38. The van der Waals surface area contributed by atoms with Crippen LogP contribution in [-0.2, 0) is 11.2 Å². The lowest BCUT2D eigenvalue weighted by molar-refractivity contribution is -0.384. The first-order valence-electron chi connectivity index (χ1n) is 6.78. The van der Waals surface area contributed by atoms with Crippen LogP contribution in [0.15, 0.2) is 12.1 Å². The van der Waals surface area contributed by atoms with E-state index in [4.69, 9.17) is 0 Å². The summed E-state index contributed by atoms with van der Waals surface area (Å²) in [5.41, 5.74) is 1.62. The van der Waals surface area contributed by atoms with Crippen molar-refractivity contribution >= 4 is 23.0 Å². The van der Waals surface area contributed by atoms with Crippen LogP contribution in [0.1, 0.15) is 39.2 Å². The third-order valence-corrected chi connectivity index (χ3v) is 4.04. The van der Waals surface area contributed by atoms with Crippen LogP contribution in [0, 0.1) is 10.1 Å². The normalized spacial score (nSPS) is 13.8. The SMILES string of the molecule is CCC(C)(CC)Nc1cc2c(cc1[N+](=O)[O-])CC(=O)N2. The van der Waals surface area contributed by atoms with Crippen LogP contribution in [0.25, 0.3) is 0 Å². The van der Waals surface area contributed by atoms with Crippen molar-refractivity contribution in [2.24, 2.45) is 0 Å². The molecule has 0 unspecified atom stereocenters. The van der Waals surface area contributed by atoms with Crippen molar-refractivity contribution in [1.82, 2.24) is 0 Å². The van der Waals surface area contributed by atoms with Gasteiger partial charge in [0.2, 0.25) is 5.91 Å². The van der Waals surface area contributed by atoms with E-state index in [0.29, 0.717) is 16.9 Å². The topological polar surface area (TPSA) is 84.3 Å². The molecule has 2 rings (SSSR count). The Morgan fingerprint density at radius 3 is 2.60 bits per heavy atom. The average molecular weight is 277 g/mol. The van der Waals surface area contributed by atoms with Gasteiger partial charge in [-0.25, -0.2) is 0 Å². The number of anilines is 2. The molecule has 1 heterocycles. The van der Waals surface area contributed by atoms with Crippen molar-refractivity contribution in [1.29, 1.82) is 0 Å². The fraction of sp³-hybridized carbons (Fsp3) is 0.500. The average Bonchev–Trinajstić information content (AvgIpc) is 2.76. The molecule has 1 amide bonds. The molecule has 2 N–H and O–H groups in total. The molecule has 0 spiro atoms. The van der Waals surface area contributed by atoms with Crippen LogP contribution in [0.3, 0.4) is 0 Å². The second kappa shape index (κ2) is 5.11. The monoisotopic (exact) mass is 277 g/mol. The molecule has 0 aromatic heterocycles. The first kappa shape index (κ1) is 14.3. The number of nitrogens with zero attached hydrogens (tertiary/aromatic N) is 1. The molecule has 0 aliphatic carbocycles. The van der Waals surface area contributed by atoms with E-state index in [1.54, 1.807) is 6.07 Å². The lowest BCUT2D eigenvalue weighted by Gasteiger charge is -2.29. The maximum Gasteiger partial charge on any atom is 0.292 e. The highest BCUT2D eigenvalue weighted by molar-refractivity contribution is 6.00. The summed E-state index contributed by atoms with van der Waals surface area (Å²) in [5.74, 6) is -0.125. The molecular formula is C14H19N3O3. The molecule has 6 heteroatoms. The molecule has 0 radical (unpaired) electrons. The molecule has 20 heavy (non-hydrogen) atoms. The van der Waals surface area contributed by atoms with Gasteiger partial charge in [0.05, 0.1) is 11.3 Å². The van der Waals surface area contributed by atoms with Gasteiger partial charge < -0.3 is 10.6 Å². The van der Waals surface area contributed by atoms with E-state index in [0.717, 1.165) is 12.8 Å². The number of rotatable bonds is 5. The summed E-state index contributed by atoms with van der Waals surface area (Å²) in [6.45, 7) is 6.11. The van der Waals surface area contributed by atoms with Crippen LogP contribution < -0.4 is 10.6 Å². The highest BCUT2D eigenvalue weighted by Gasteiger charge is 2.28. The first-order valence-corrected chi connectivity index (χ1v) is 6.78. The molecule has 1 aromatic carbocycles. The molecule has 0 fully saturated rings. The van der Waals surface area contributed by atoms with E-state index >= 15 is 0 Å². The molecule has 1 aromatic rings. The van der Waals surface area contributed by atoms with E-state index in [9.17, 15) is 14.9 Å². The van der Waals surface area contributed by atoms with E-state index in [1.165, 1.54) is 6.07 Å². The van der Waals surface area contributed by atoms with Crippen molar-refractivity contribution < 1.29 is 9.72 Å². The standard InChI is InChI=1S/C14H19N3O3/c1-4-14(3,5-2)16-11-8-10-9(7-13(18)15-10)6-12(11)17(19)20/h6,8,16H,4-5,7H2,1-3H3,(H,15,18). The van der Waals surface area contributed by atoms with Crippen molar-refractivity contribution in [2.75, 3.05) is 10.6 Å². The summed E-state index contributed by atoms with van der Waals surface area (Å²) in [6, 6.07) is 3.16. The Morgan fingerprint density at radius 1 is 1.40 bits per heavy atom. The largest absolute Gasteiger partial charge is 0.374 e. The van der Waals surface area contributed by atoms with E-state index in [2.05, 4.69) is 10.6 Å². The van der Waals surface area contributed by atoms with Gasteiger partial charge in [-0.1, -0.05) is 13.8 Å². The van der Waals surface area contributed by atoms with Crippen molar-refractivity contribution in [3.05, 3.63) is 27.8 Å². The maximum absolute atomic E-state index is 11.4. The lowest BCUT2D eigenvalue weighted by Crippen LogP contribution is -2.33. The smallest absolute Gasteiger partial charge is 0.292 e. The van der Waals surface area contributed by atoms with E-state index in [1.807, 2.05) is 20.8 Å². The summed E-state index contributed by atoms with van der Waals surface area (Å²) in [6.07, 6.45) is 1.91. The highest BCUT2D eigenvalue weighted by atomic mass is 16.6. The number of benzene rings is 1. The number of fused-ring (bicyclic) bond motifs is 1. The van der Waals surface area contributed by atoms with Crippen LogP contribution in [-0.4, -0.2) is 16.4 Å². The fourth-order valence-corrected chi connectivity index (χ4v) is 2.26. The molecule has 1 aliphatic rings. The van der Waals surface area contributed by atoms with Gasteiger partial charge in [-0.05, 0) is 31.4 Å². The molecule has 108 valence electrons. The second-order valence-electron chi connectivity index (χ2n) is 5.40. The van der Waals surface area contributed by atoms with Crippen molar-refractivity contribution in [3.63, 3.8) is 0 Å². The van der Waals surface area contributed by atoms with Gasteiger partial charge in [-0.15, -0.1) is 0 Å². The van der Waals surface area contributed by atoms with Crippen LogP contribution in [0.2, 0.25) is 0 Å². The van der Waals surface area contributed by atoms with Crippen molar-refractivity contribution in [2.45, 2.75) is 45.6 Å². The number of carbonyl (C=O) groups is 1. The van der Waals surface area contributed by atoms with Crippen LogP contribution >= 0.6 is 0 Å². The minimum absolute atomic E-state index is 0.0216. The Morgan fingerprint density at radius 2 is 2.05 bits per heavy atom. The lowest BCUT2D eigenvalue weighted by atomic mass is 9.94. The molecular weight excluding hydrogens is 258 g/mol. The number of nitro benzene ring substituents is 1. The van der Waals surface area contributed by atoms with Gasteiger partial charge in [-0.3, -0.25) is 14.9 Å². The summed E-state index contributed by atoms with van der Waals surface area (Å²) in [5, 5.41) is 17.2. The molecule has 0 saturated heterocycles. The highest BCUT2D eigenvalue weighted by Crippen LogP contribution is 2.36. The number of nitrogens with one attached hydrogen (secondary N) is 2. The predicted octanol–water partition coefficient (Wildman–Crippen LogP) is 3.08. The Bertz CT molecular complexity index is 565. The van der Waals surface area contributed by atoms with E-state index < -0.39 is 4.92 Å². The Kier molecular flexibility index (Phi) is 3.65. The molecule has 6 nitrogen and oxygen atoms in total. The van der Waals surface area contributed by atoms with Crippen LogP contribution in [0.4, 0.5) is 17.1 Å². The number of amides is 1. The minimum Gasteiger partial charge on any atom is -0.374 e. The van der Waals surface area contributed by atoms with Crippen LogP contribution in [0.5, 0.6) is 0 Å². The Labute approximate surface area is 117 Å². The van der Waals surface area contributed by atoms with Gasteiger partial charge in [-0.2, -0.15) is 0 Å². The second-order valence-corrected chi connectivity index (χ2v) is 5.40. The zero-order chi connectivity index (χ0) is 14.9. The zero-order valence-corrected chi connectivity index (χ0v) is 11.9. The summed E-state index contributed by atoms with van der Waals surface area (Å²) >= 11 is 0. The third kappa shape index (κ3) is 2.59. The zero-order valence-electron chi connectivity index (χ0n) is 11.9. The number of carbonyl (C=O) groups excluding carboxylic acids is 1. The Hall–Kier alpha value is -2.11. The predicted molar refractivity (Wildman–Crippen MR) is 78.0 cm³/mol. The van der Waals surface area contributed by atoms with Gasteiger partial charge >= 0.3 is 0 Å². The van der Waals surface area contributed by atoms with Crippen molar-refractivity contribution in [3.8, 4) is 0 Å². The summed E-state index contributed by atoms with van der Waals surface area (Å²) in [4.78, 5) is 22.2. The summed E-state index contributed by atoms with van der Waals surface area (Å²) in [7, 11) is 0. The van der Waals surface area contributed by atoms with E-state index in [-0.39, 0.29) is 23.6 Å². The number of nitro groups is 1. The van der Waals surface area contributed by atoms with Gasteiger partial charge in [0.25, 0.3) is 5.69 Å². The molecule has 0 saturated carbocycles. The molecule has 1 aliphatic heterocycles. The van der Waals surface area contributed by atoms with Gasteiger partial charge in [0.1, 0.15) is 5.69 Å². The number of hydrogen-bond donors (Lipinski definition) is 2. The minimum atomic E-state index is -0.406. The number of hydrogen-bond acceptors (Lipinski definition) is 4. The molecule has 0 atom stereocenters. The quantitative estimate of drug-likeness (QED) is 0.640. The maximum atomic E-state index is 11.4.